The number of fused-ring (bicyclic) bond motifs is 1. The van der Waals surface area contributed by atoms with Crippen LogP contribution in [0.1, 0.15) is 18.3 Å². The molecule has 0 aliphatic heterocycles. The number of ether oxygens (including phenoxy) is 1. The lowest BCUT2D eigenvalue weighted by Crippen LogP contribution is -2.30. The Labute approximate surface area is 133 Å². The van der Waals surface area contributed by atoms with E-state index in [1.54, 1.807) is 23.6 Å². The summed E-state index contributed by atoms with van der Waals surface area (Å²) in [5.74, 6) is 0.972. The molecule has 2 aromatic heterocycles. The van der Waals surface area contributed by atoms with Crippen molar-refractivity contribution in [3.63, 3.8) is 0 Å². The van der Waals surface area contributed by atoms with Crippen molar-refractivity contribution in [2.45, 2.75) is 26.9 Å². The largest absolute Gasteiger partial charge is 0.481 e. The van der Waals surface area contributed by atoms with Crippen molar-refractivity contribution >= 4 is 17.6 Å². The van der Waals surface area contributed by atoms with Gasteiger partial charge in [-0.25, -0.2) is 4.98 Å². The number of aromatic nitrogens is 4. The Morgan fingerprint density at radius 3 is 2.70 bits per heavy atom. The molecule has 0 saturated heterocycles. The first-order valence-corrected chi connectivity index (χ1v) is 7.26. The fourth-order valence-corrected chi connectivity index (χ4v) is 2.19. The Morgan fingerprint density at radius 1 is 1.22 bits per heavy atom. The number of benzene rings is 1. The molecule has 2 heterocycles. The third-order valence-electron chi connectivity index (χ3n) is 3.28. The molecule has 3 rings (SSSR count). The van der Waals surface area contributed by atoms with Gasteiger partial charge in [0.25, 0.3) is 17.6 Å². The fourth-order valence-electron chi connectivity index (χ4n) is 2.19. The van der Waals surface area contributed by atoms with Gasteiger partial charge in [-0.2, -0.15) is 9.50 Å². The van der Waals surface area contributed by atoms with E-state index in [0.29, 0.717) is 11.5 Å². The first kappa shape index (κ1) is 15.0. The SMILES string of the molecule is Cc1cc(C)n2nc(NC(=O)[C@H](C)Oc3ccccc3)nc2n1. The number of carbonyl (C=O) groups excluding carboxylic acids is 1. The highest BCUT2D eigenvalue weighted by Crippen LogP contribution is 2.12. The zero-order chi connectivity index (χ0) is 16.4. The smallest absolute Gasteiger partial charge is 0.267 e. The average Bonchev–Trinajstić information content (AvgIpc) is 2.91. The van der Waals surface area contributed by atoms with Crippen molar-refractivity contribution in [2.75, 3.05) is 5.32 Å². The molecule has 23 heavy (non-hydrogen) atoms. The Morgan fingerprint density at radius 2 is 1.96 bits per heavy atom. The minimum absolute atomic E-state index is 0.208. The van der Waals surface area contributed by atoms with E-state index >= 15 is 0 Å². The third-order valence-corrected chi connectivity index (χ3v) is 3.28. The van der Waals surface area contributed by atoms with Crippen LogP contribution in [-0.2, 0) is 4.79 Å². The van der Waals surface area contributed by atoms with Gasteiger partial charge in [-0.3, -0.25) is 10.1 Å². The van der Waals surface area contributed by atoms with Gasteiger partial charge >= 0.3 is 0 Å². The predicted octanol–water partition coefficient (Wildman–Crippen LogP) is 2.15. The summed E-state index contributed by atoms with van der Waals surface area (Å²) in [4.78, 5) is 20.7. The van der Waals surface area contributed by atoms with Gasteiger partial charge in [0, 0.05) is 11.4 Å². The fraction of sp³-hybridized carbons (Fsp3) is 0.250. The van der Waals surface area contributed by atoms with Gasteiger partial charge in [0.05, 0.1) is 0 Å². The maximum absolute atomic E-state index is 12.2. The molecule has 3 aromatic rings. The van der Waals surface area contributed by atoms with Gasteiger partial charge in [-0.15, -0.1) is 5.10 Å². The van der Waals surface area contributed by atoms with Gasteiger partial charge in [0.2, 0.25) is 0 Å². The second-order valence-corrected chi connectivity index (χ2v) is 5.25. The van der Waals surface area contributed by atoms with Crippen LogP contribution in [0, 0.1) is 13.8 Å². The Kier molecular flexibility index (Phi) is 3.92. The zero-order valence-electron chi connectivity index (χ0n) is 13.1. The summed E-state index contributed by atoms with van der Waals surface area (Å²) < 4.78 is 7.16. The number of nitrogens with one attached hydrogen (secondary N) is 1. The maximum Gasteiger partial charge on any atom is 0.267 e. The number of nitrogens with zero attached hydrogens (tertiary/aromatic N) is 4. The molecule has 1 amide bonds. The standard InChI is InChI=1S/C16H17N5O2/c1-10-9-11(2)21-16(17-10)19-15(20-21)18-14(22)12(3)23-13-7-5-4-6-8-13/h4-9,12H,1-3H3,(H,18,20,22)/t12-/m0/s1. The number of amides is 1. The minimum Gasteiger partial charge on any atom is -0.481 e. The molecular formula is C16H17N5O2. The van der Waals surface area contributed by atoms with Crippen LogP contribution < -0.4 is 10.1 Å². The molecule has 0 aliphatic carbocycles. The highest BCUT2D eigenvalue weighted by Gasteiger charge is 2.17. The number of hydrogen-bond acceptors (Lipinski definition) is 5. The van der Waals surface area contributed by atoms with Crippen LogP contribution in [0.2, 0.25) is 0 Å². The Bertz CT molecular complexity index is 844. The van der Waals surface area contributed by atoms with E-state index in [9.17, 15) is 4.79 Å². The highest BCUT2D eigenvalue weighted by molar-refractivity contribution is 5.92. The second kappa shape index (κ2) is 6.04. The molecule has 0 saturated carbocycles. The molecule has 118 valence electrons. The topological polar surface area (TPSA) is 81.4 Å². The Balaban J connectivity index is 1.73. The maximum atomic E-state index is 12.2. The molecule has 0 radical (unpaired) electrons. The first-order valence-electron chi connectivity index (χ1n) is 7.26. The van der Waals surface area contributed by atoms with E-state index < -0.39 is 6.10 Å². The van der Waals surface area contributed by atoms with E-state index in [2.05, 4.69) is 20.4 Å². The molecule has 0 spiro atoms. The van der Waals surface area contributed by atoms with Gasteiger partial charge in [0.15, 0.2) is 6.10 Å². The van der Waals surface area contributed by atoms with Crippen LogP contribution in [-0.4, -0.2) is 31.6 Å². The summed E-state index contributed by atoms with van der Waals surface area (Å²) >= 11 is 0. The van der Waals surface area contributed by atoms with Gasteiger partial charge in [-0.1, -0.05) is 18.2 Å². The third kappa shape index (κ3) is 3.28. The summed E-state index contributed by atoms with van der Waals surface area (Å²) in [6, 6.07) is 11.1. The normalized spacial score (nSPS) is 12.1. The van der Waals surface area contributed by atoms with Gasteiger partial charge < -0.3 is 4.74 Å². The van der Waals surface area contributed by atoms with Gasteiger partial charge in [0.1, 0.15) is 5.75 Å². The van der Waals surface area contributed by atoms with E-state index in [4.69, 9.17) is 4.74 Å². The van der Waals surface area contributed by atoms with Crippen molar-refractivity contribution < 1.29 is 9.53 Å². The summed E-state index contributed by atoms with van der Waals surface area (Å²) in [6.45, 7) is 5.46. The number of rotatable bonds is 4. The van der Waals surface area contributed by atoms with Crippen molar-refractivity contribution in [1.29, 1.82) is 0 Å². The van der Waals surface area contributed by atoms with Crippen molar-refractivity contribution in [3.05, 3.63) is 47.8 Å². The zero-order valence-corrected chi connectivity index (χ0v) is 13.1. The molecular weight excluding hydrogens is 294 g/mol. The summed E-state index contributed by atoms with van der Waals surface area (Å²) in [5, 5.41) is 6.89. The number of hydrogen-bond donors (Lipinski definition) is 1. The average molecular weight is 311 g/mol. The molecule has 1 atom stereocenters. The molecule has 0 fully saturated rings. The predicted molar refractivity (Wildman–Crippen MR) is 85.4 cm³/mol. The number of anilines is 1. The first-order chi connectivity index (χ1) is 11.0. The van der Waals surface area contributed by atoms with E-state index in [-0.39, 0.29) is 11.9 Å². The van der Waals surface area contributed by atoms with Crippen LogP contribution in [0.4, 0.5) is 5.95 Å². The minimum atomic E-state index is -0.667. The van der Waals surface area contributed by atoms with E-state index in [1.807, 2.05) is 38.1 Å². The molecule has 0 bridgehead atoms. The summed E-state index contributed by atoms with van der Waals surface area (Å²) in [6.07, 6.45) is -0.667. The van der Waals surface area contributed by atoms with E-state index in [1.165, 1.54) is 0 Å². The quantitative estimate of drug-likeness (QED) is 0.798. The van der Waals surface area contributed by atoms with Crippen molar-refractivity contribution in [2.24, 2.45) is 0 Å². The van der Waals surface area contributed by atoms with E-state index in [0.717, 1.165) is 11.4 Å². The number of aryl methyl sites for hydroxylation is 2. The monoisotopic (exact) mass is 311 g/mol. The molecule has 7 nitrogen and oxygen atoms in total. The summed E-state index contributed by atoms with van der Waals surface area (Å²) in [5.41, 5.74) is 1.75. The van der Waals surface area contributed by atoms with Crippen LogP contribution in [0.5, 0.6) is 5.75 Å². The lowest BCUT2D eigenvalue weighted by molar-refractivity contribution is -0.122. The lowest BCUT2D eigenvalue weighted by Gasteiger charge is -2.13. The van der Waals surface area contributed by atoms with Crippen LogP contribution in [0.25, 0.3) is 5.78 Å². The van der Waals surface area contributed by atoms with Crippen LogP contribution in [0.3, 0.4) is 0 Å². The lowest BCUT2D eigenvalue weighted by atomic mass is 10.3. The number of para-hydroxylation sites is 1. The van der Waals surface area contributed by atoms with Crippen molar-refractivity contribution in [1.82, 2.24) is 19.6 Å². The molecule has 0 aliphatic rings. The van der Waals surface area contributed by atoms with Crippen LogP contribution >= 0.6 is 0 Å². The second-order valence-electron chi connectivity index (χ2n) is 5.25. The Hall–Kier alpha value is -2.96. The summed E-state index contributed by atoms with van der Waals surface area (Å²) in [7, 11) is 0. The van der Waals surface area contributed by atoms with Crippen molar-refractivity contribution in [3.8, 4) is 5.75 Å². The van der Waals surface area contributed by atoms with Crippen LogP contribution in [0.15, 0.2) is 36.4 Å². The van der Waals surface area contributed by atoms with Gasteiger partial charge in [-0.05, 0) is 39.0 Å². The molecule has 7 heteroatoms. The molecule has 0 unspecified atom stereocenters. The molecule has 1 N–H and O–H groups in total. The number of carbonyl (C=O) groups is 1. The highest BCUT2D eigenvalue weighted by atomic mass is 16.5. The molecule has 1 aromatic carbocycles.